The van der Waals surface area contributed by atoms with Crippen molar-refractivity contribution >= 4 is 5.91 Å². The van der Waals surface area contributed by atoms with Crippen LogP contribution in [0.3, 0.4) is 0 Å². The van der Waals surface area contributed by atoms with Crippen LogP contribution in [-0.4, -0.2) is 29.9 Å². The highest BCUT2D eigenvalue weighted by Crippen LogP contribution is 2.20. The fourth-order valence-corrected chi connectivity index (χ4v) is 1.80. The van der Waals surface area contributed by atoms with Crippen molar-refractivity contribution in [1.82, 2.24) is 4.90 Å². The van der Waals surface area contributed by atoms with Crippen LogP contribution in [0.15, 0.2) is 0 Å². The maximum absolute atomic E-state index is 10.7. The average molecular weight is 170 g/mol. The molecule has 0 aromatic rings. The first-order valence-corrected chi connectivity index (χ1v) is 4.62. The van der Waals surface area contributed by atoms with Gasteiger partial charge in [0.15, 0.2) is 0 Å². The number of rotatable bonds is 2. The fraction of sp³-hybridized carbons (Fsp3) is 0.889. The number of carbonyl (C=O) groups is 1. The molecule has 2 atom stereocenters. The third-order valence-corrected chi connectivity index (χ3v) is 2.61. The summed E-state index contributed by atoms with van der Waals surface area (Å²) in [7, 11) is 0. The maximum atomic E-state index is 10.7. The second-order valence-corrected chi connectivity index (χ2v) is 3.93. The second kappa shape index (κ2) is 3.90. The molecular weight excluding hydrogens is 152 g/mol. The third-order valence-electron chi connectivity index (χ3n) is 2.61. The van der Waals surface area contributed by atoms with Crippen LogP contribution < -0.4 is 5.73 Å². The Bertz CT molecular complexity index is 170. The van der Waals surface area contributed by atoms with Crippen LogP contribution in [0, 0.1) is 5.92 Å². The van der Waals surface area contributed by atoms with E-state index in [0.717, 1.165) is 6.54 Å². The normalized spacial score (nSPS) is 31.8. The van der Waals surface area contributed by atoms with Gasteiger partial charge in [0.2, 0.25) is 5.91 Å². The zero-order chi connectivity index (χ0) is 9.14. The third kappa shape index (κ3) is 2.48. The van der Waals surface area contributed by atoms with Gasteiger partial charge in [0.1, 0.15) is 0 Å². The van der Waals surface area contributed by atoms with Crippen LogP contribution in [0.1, 0.15) is 26.7 Å². The number of amides is 1. The summed E-state index contributed by atoms with van der Waals surface area (Å²) in [5, 5.41) is 0. The van der Waals surface area contributed by atoms with E-state index in [-0.39, 0.29) is 5.91 Å². The molecule has 1 rings (SSSR count). The van der Waals surface area contributed by atoms with Crippen LogP contribution in [0.5, 0.6) is 0 Å². The van der Waals surface area contributed by atoms with Crippen LogP contribution >= 0.6 is 0 Å². The quantitative estimate of drug-likeness (QED) is 0.659. The summed E-state index contributed by atoms with van der Waals surface area (Å²) in [6.45, 7) is 5.82. The van der Waals surface area contributed by atoms with Gasteiger partial charge in [-0.25, -0.2) is 0 Å². The highest BCUT2D eigenvalue weighted by atomic mass is 16.1. The molecule has 3 heteroatoms. The number of primary amides is 1. The first-order valence-electron chi connectivity index (χ1n) is 4.62. The minimum atomic E-state index is -0.212. The summed E-state index contributed by atoms with van der Waals surface area (Å²) in [4.78, 5) is 12.9. The molecule has 1 aliphatic rings. The Hall–Kier alpha value is -0.570. The standard InChI is InChI=1S/C9H18N2O/c1-7-3-4-8(2)11(5-7)6-9(10)12/h7-8H,3-6H2,1-2H3,(H2,10,12). The molecule has 3 nitrogen and oxygen atoms in total. The van der Waals surface area contributed by atoms with Gasteiger partial charge in [-0.3, -0.25) is 9.69 Å². The van der Waals surface area contributed by atoms with Gasteiger partial charge in [-0.2, -0.15) is 0 Å². The number of hydrogen-bond donors (Lipinski definition) is 1. The molecule has 1 amide bonds. The van der Waals surface area contributed by atoms with Gasteiger partial charge in [-0.05, 0) is 25.7 Å². The molecule has 0 bridgehead atoms. The van der Waals surface area contributed by atoms with E-state index in [2.05, 4.69) is 18.7 Å². The van der Waals surface area contributed by atoms with E-state index in [1.807, 2.05) is 0 Å². The molecule has 2 unspecified atom stereocenters. The monoisotopic (exact) mass is 170 g/mol. The minimum absolute atomic E-state index is 0.212. The Morgan fingerprint density at radius 1 is 1.50 bits per heavy atom. The van der Waals surface area contributed by atoms with Crippen molar-refractivity contribution in [2.24, 2.45) is 11.7 Å². The van der Waals surface area contributed by atoms with E-state index in [1.165, 1.54) is 12.8 Å². The number of likely N-dealkylation sites (tertiary alicyclic amines) is 1. The predicted molar refractivity (Wildman–Crippen MR) is 48.6 cm³/mol. The molecule has 0 radical (unpaired) electrons. The Balaban J connectivity index is 2.43. The molecule has 1 fully saturated rings. The van der Waals surface area contributed by atoms with E-state index >= 15 is 0 Å². The summed E-state index contributed by atoms with van der Waals surface area (Å²) < 4.78 is 0. The van der Waals surface area contributed by atoms with Gasteiger partial charge >= 0.3 is 0 Å². The molecule has 1 aliphatic heterocycles. The van der Waals surface area contributed by atoms with Crippen LogP contribution in [0.25, 0.3) is 0 Å². The topological polar surface area (TPSA) is 46.3 Å². The number of nitrogens with zero attached hydrogens (tertiary/aromatic N) is 1. The smallest absolute Gasteiger partial charge is 0.231 e. The molecule has 1 saturated heterocycles. The Morgan fingerprint density at radius 3 is 2.75 bits per heavy atom. The van der Waals surface area contributed by atoms with Crippen molar-refractivity contribution in [3.8, 4) is 0 Å². The number of hydrogen-bond acceptors (Lipinski definition) is 2. The first-order chi connectivity index (χ1) is 5.59. The zero-order valence-corrected chi connectivity index (χ0v) is 7.92. The van der Waals surface area contributed by atoms with Crippen molar-refractivity contribution in [3.05, 3.63) is 0 Å². The highest BCUT2D eigenvalue weighted by molar-refractivity contribution is 5.75. The lowest BCUT2D eigenvalue weighted by molar-refractivity contribution is -0.120. The zero-order valence-electron chi connectivity index (χ0n) is 7.92. The van der Waals surface area contributed by atoms with Gasteiger partial charge in [0.25, 0.3) is 0 Å². The largest absolute Gasteiger partial charge is 0.369 e. The summed E-state index contributed by atoms with van der Waals surface area (Å²) >= 11 is 0. The van der Waals surface area contributed by atoms with Gasteiger partial charge in [-0.1, -0.05) is 6.92 Å². The molecule has 0 saturated carbocycles. The van der Waals surface area contributed by atoms with Crippen molar-refractivity contribution in [2.45, 2.75) is 32.7 Å². The van der Waals surface area contributed by atoms with Crippen LogP contribution in [0.4, 0.5) is 0 Å². The van der Waals surface area contributed by atoms with Crippen LogP contribution in [-0.2, 0) is 4.79 Å². The average Bonchev–Trinajstić information content (AvgIpc) is 1.96. The SMILES string of the molecule is CC1CCC(C)N(CC(N)=O)C1. The number of piperidine rings is 1. The summed E-state index contributed by atoms with van der Waals surface area (Å²) in [5.41, 5.74) is 5.15. The molecule has 1 heterocycles. The van der Waals surface area contributed by atoms with Gasteiger partial charge in [-0.15, -0.1) is 0 Å². The maximum Gasteiger partial charge on any atom is 0.231 e. The molecule has 0 aromatic carbocycles. The summed E-state index contributed by atoms with van der Waals surface area (Å²) in [5.74, 6) is 0.497. The van der Waals surface area contributed by atoms with Gasteiger partial charge in [0.05, 0.1) is 6.54 Å². The summed E-state index contributed by atoms with van der Waals surface area (Å²) in [6.07, 6.45) is 2.46. The highest BCUT2D eigenvalue weighted by Gasteiger charge is 2.23. The first kappa shape index (κ1) is 9.52. The lowest BCUT2D eigenvalue weighted by Gasteiger charge is -2.35. The van der Waals surface area contributed by atoms with E-state index in [1.54, 1.807) is 0 Å². The number of carbonyl (C=O) groups excluding carboxylic acids is 1. The minimum Gasteiger partial charge on any atom is -0.369 e. The molecule has 12 heavy (non-hydrogen) atoms. The van der Waals surface area contributed by atoms with Gasteiger partial charge in [0, 0.05) is 12.6 Å². The van der Waals surface area contributed by atoms with E-state index < -0.39 is 0 Å². The van der Waals surface area contributed by atoms with E-state index in [4.69, 9.17) is 5.73 Å². The Kier molecular flexibility index (Phi) is 3.09. The van der Waals surface area contributed by atoms with Crippen molar-refractivity contribution in [3.63, 3.8) is 0 Å². The molecule has 0 aromatic heterocycles. The van der Waals surface area contributed by atoms with E-state index in [9.17, 15) is 4.79 Å². The molecule has 70 valence electrons. The van der Waals surface area contributed by atoms with Crippen molar-refractivity contribution in [2.75, 3.05) is 13.1 Å². The Morgan fingerprint density at radius 2 is 2.17 bits per heavy atom. The Labute approximate surface area is 73.9 Å². The van der Waals surface area contributed by atoms with Gasteiger partial charge < -0.3 is 5.73 Å². The summed E-state index contributed by atoms with van der Waals surface area (Å²) in [6, 6.07) is 0.522. The van der Waals surface area contributed by atoms with Crippen molar-refractivity contribution in [1.29, 1.82) is 0 Å². The van der Waals surface area contributed by atoms with Crippen LogP contribution in [0.2, 0.25) is 0 Å². The molecule has 2 N–H and O–H groups in total. The predicted octanol–water partition coefficient (Wildman–Crippen LogP) is 0.592. The fourth-order valence-electron chi connectivity index (χ4n) is 1.80. The lowest BCUT2D eigenvalue weighted by Crippen LogP contribution is -2.45. The molecule has 0 spiro atoms. The second-order valence-electron chi connectivity index (χ2n) is 3.93. The molecular formula is C9H18N2O. The molecule has 0 aliphatic carbocycles. The lowest BCUT2D eigenvalue weighted by atomic mass is 9.95. The number of nitrogens with two attached hydrogens (primary N) is 1. The van der Waals surface area contributed by atoms with Crippen molar-refractivity contribution < 1.29 is 4.79 Å². The van der Waals surface area contributed by atoms with E-state index in [0.29, 0.717) is 18.5 Å².